The number of hydrogen-bond donors (Lipinski definition) is 1. The molecule has 2 heterocycles. The van der Waals surface area contributed by atoms with E-state index in [4.69, 9.17) is 20.9 Å². The SMILES string of the molecule is Cc1nnc(CN2C(Cc3c(F)cccc3Cl)=NOC2O)o1. The number of amidine groups is 1. The molecule has 0 spiro atoms. The van der Waals surface area contributed by atoms with Crippen LogP contribution in [0, 0.1) is 12.7 Å². The molecule has 1 atom stereocenters. The first-order valence-electron chi connectivity index (χ1n) is 6.44. The highest BCUT2D eigenvalue weighted by Crippen LogP contribution is 2.23. The van der Waals surface area contributed by atoms with E-state index >= 15 is 0 Å². The number of aliphatic hydroxyl groups is 1. The molecule has 0 fully saturated rings. The lowest BCUT2D eigenvalue weighted by molar-refractivity contribution is -0.149. The summed E-state index contributed by atoms with van der Waals surface area (Å²) in [5, 5.41) is 21.4. The Morgan fingerprint density at radius 2 is 2.23 bits per heavy atom. The Kier molecular flexibility index (Phi) is 3.95. The molecule has 0 aliphatic carbocycles. The topological polar surface area (TPSA) is 84.0 Å². The normalized spacial score (nSPS) is 17.5. The van der Waals surface area contributed by atoms with Gasteiger partial charge in [0, 0.05) is 23.9 Å². The van der Waals surface area contributed by atoms with Gasteiger partial charge >= 0.3 is 6.41 Å². The molecule has 7 nitrogen and oxygen atoms in total. The van der Waals surface area contributed by atoms with Crippen LogP contribution in [0.25, 0.3) is 0 Å². The van der Waals surface area contributed by atoms with Gasteiger partial charge in [0.25, 0.3) is 0 Å². The van der Waals surface area contributed by atoms with E-state index in [1.54, 1.807) is 13.0 Å². The minimum Gasteiger partial charge on any atom is -0.424 e. The van der Waals surface area contributed by atoms with E-state index in [0.29, 0.717) is 11.7 Å². The molecule has 0 amide bonds. The predicted octanol–water partition coefficient (Wildman–Crippen LogP) is 1.83. The lowest BCUT2D eigenvalue weighted by Crippen LogP contribution is -2.36. The summed E-state index contributed by atoms with van der Waals surface area (Å²) in [6.45, 7) is 1.74. The standard InChI is InChI=1S/C13H12ClFN4O3/c1-7-16-17-12(21-7)6-19-11(18-22-13(19)20)5-8-9(14)3-2-4-10(8)15/h2-4,13,20H,5-6H2,1H3. The summed E-state index contributed by atoms with van der Waals surface area (Å²) in [7, 11) is 0. The first kappa shape index (κ1) is 14.7. The summed E-state index contributed by atoms with van der Waals surface area (Å²) < 4.78 is 19.1. The molecular weight excluding hydrogens is 315 g/mol. The zero-order valence-electron chi connectivity index (χ0n) is 11.5. The third kappa shape index (κ3) is 2.88. The quantitative estimate of drug-likeness (QED) is 0.923. The number of nitrogens with zero attached hydrogens (tertiary/aromatic N) is 4. The average Bonchev–Trinajstić information content (AvgIpc) is 3.03. The van der Waals surface area contributed by atoms with Gasteiger partial charge < -0.3 is 14.4 Å². The molecular formula is C13H12ClFN4O3. The van der Waals surface area contributed by atoms with E-state index in [0.717, 1.165) is 0 Å². The van der Waals surface area contributed by atoms with E-state index in [9.17, 15) is 9.50 Å². The summed E-state index contributed by atoms with van der Waals surface area (Å²) in [5.74, 6) is 0.551. The van der Waals surface area contributed by atoms with Gasteiger partial charge in [-0.05, 0) is 12.1 Å². The Bertz CT molecular complexity index is 701. The van der Waals surface area contributed by atoms with Crippen molar-refractivity contribution in [2.24, 2.45) is 5.16 Å². The van der Waals surface area contributed by atoms with Crippen molar-refractivity contribution in [3.8, 4) is 0 Å². The van der Waals surface area contributed by atoms with Gasteiger partial charge in [0.05, 0.1) is 0 Å². The molecule has 1 N–H and O–H groups in total. The highest BCUT2D eigenvalue weighted by Gasteiger charge is 2.30. The Hall–Kier alpha value is -2.19. The summed E-state index contributed by atoms with van der Waals surface area (Å²) in [5.41, 5.74) is 0.271. The molecule has 1 aromatic carbocycles. The lowest BCUT2D eigenvalue weighted by atomic mass is 10.1. The Labute approximate surface area is 129 Å². The van der Waals surface area contributed by atoms with Crippen LogP contribution in [0.4, 0.5) is 4.39 Å². The molecule has 1 aromatic heterocycles. The number of oxime groups is 1. The van der Waals surface area contributed by atoms with Crippen LogP contribution in [0.2, 0.25) is 5.02 Å². The van der Waals surface area contributed by atoms with Crippen molar-refractivity contribution < 1.29 is 18.8 Å². The van der Waals surface area contributed by atoms with Gasteiger partial charge in [0.2, 0.25) is 11.8 Å². The summed E-state index contributed by atoms with van der Waals surface area (Å²) >= 11 is 6.00. The number of hydrogen-bond acceptors (Lipinski definition) is 7. The second-order valence-corrected chi connectivity index (χ2v) is 5.07. The van der Waals surface area contributed by atoms with Crippen LogP contribution in [0.1, 0.15) is 17.3 Å². The van der Waals surface area contributed by atoms with Crippen molar-refractivity contribution in [1.29, 1.82) is 0 Å². The van der Waals surface area contributed by atoms with Crippen LogP contribution in [-0.4, -0.2) is 32.5 Å². The number of aryl methyl sites for hydroxylation is 1. The third-order valence-corrected chi connectivity index (χ3v) is 3.47. The van der Waals surface area contributed by atoms with Crippen LogP contribution >= 0.6 is 11.6 Å². The first-order chi connectivity index (χ1) is 10.5. The zero-order chi connectivity index (χ0) is 15.7. The largest absolute Gasteiger partial charge is 0.424 e. The zero-order valence-corrected chi connectivity index (χ0v) is 12.3. The average molecular weight is 327 g/mol. The van der Waals surface area contributed by atoms with Crippen LogP contribution in [-0.2, 0) is 17.8 Å². The van der Waals surface area contributed by atoms with Crippen LogP contribution < -0.4 is 0 Å². The minimum absolute atomic E-state index is 0.0652. The maximum absolute atomic E-state index is 13.9. The predicted molar refractivity (Wildman–Crippen MR) is 74.2 cm³/mol. The summed E-state index contributed by atoms with van der Waals surface area (Å²) in [4.78, 5) is 6.21. The van der Waals surface area contributed by atoms with E-state index in [2.05, 4.69) is 15.4 Å². The molecule has 116 valence electrons. The van der Waals surface area contributed by atoms with Gasteiger partial charge in [-0.25, -0.2) is 4.39 Å². The highest BCUT2D eigenvalue weighted by atomic mass is 35.5. The van der Waals surface area contributed by atoms with E-state index in [1.165, 1.54) is 17.0 Å². The lowest BCUT2D eigenvalue weighted by Gasteiger charge is -2.19. The minimum atomic E-state index is -1.30. The van der Waals surface area contributed by atoms with E-state index in [-0.39, 0.29) is 29.4 Å². The van der Waals surface area contributed by atoms with Crippen LogP contribution in [0.3, 0.4) is 0 Å². The van der Waals surface area contributed by atoms with E-state index in [1.807, 2.05) is 0 Å². The number of rotatable bonds is 4. The Balaban J connectivity index is 1.80. The first-order valence-corrected chi connectivity index (χ1v) is 6.81. The summed E-state index contributed by atoms with van der Waals surface area (Å²) in [6.07, 6.45) is -1.23. The molecule has 1 unspecified atom stereocenters. The molecule has 3 rings (SSSR count). The number of benzene rings is 1. The number of aromatic nitrogens is 2. The van der Waals surface area contributed by atoms with Gasteiger partial charge in [0.15, 0.2) is 5.84 Å². The van der Waals surface area contributed by atoms with E-state index < -0.39 is 12.2 Å². The molecule has 0 saturated carbocycles. The second kappa shape index (κ2) is 5.90. The van der Waals surface area contributed by atoms with Gasteiger partial charge in [-0.15, -0.1) is 10.2 Å². The molecule has 2 aromatic rings. The van der Waals surface area contributed by atoms with Crippen molar-refractivity contribution >= 4 is 17.4 Å². The monoisotopic (exact) mass is 326 g/mol. The van der Waals surface area contributed by atoms with Crippen LogP contribution in [0.15, 0.2) is 27.8 Å². The second-order valence-electron chi connectivity index (χ2n) is 4.66. The number of halogens is 2. The Morgan fingerprint density at radius 1 is 1.41 bits per heavy atom. The molecule has 0 saturated heterocycles. The highest BCUT2D eigenvalue weighted by molar-refractivity contribution is 6.31. The van der Waals surface area contributed by atoms with Crippen molar-refractivity contribution in [1.82, 2.24) is 15.1 Å². The van der Waals surface area contributed by atoms with Crippen LogP contribution in [0.5, 0.6) is 0 Å². The van der Waals surface area contributed by atoms with Crippen molar-refractivity contribution in [2.75, 3.05) is 0 Å². The van der Waals surface area contributed by atoms with Crippen molar-refractivity contribution in [3.63, 3.8) is 0 Å². The number of aliphatic hydroxyl groups excluding tert-OH is 1. The van der Waals surface area contributed by atoms with Gasteiger partial charge in [-0.1, -0.05) is 22.8 Å². The fraction of sp³-hybridized carbons (Fsp3) is 0.308. The third-order valence-electron chi connectivity index (χ3n) is 3.12. The van der Waals surface area contributed by atoms with Gasteiger partial charge in [-0.3, -0.25) is 4.90 Å². The molecule has 1 aliphatic heterocycles. The fourth-order valence-corrected chi connectivity index (χ4v) is 2.28. The molecule has 22 heavy (non-hydrogen) atoms. The van der Waals surface area contributed by atoms with Crippen molar-refractivity contribution in [2.45, 2.75) is 26.3 Å². The van der Waals surface area contributed by atoms with Gasteiger partial charge in [-0.2, -0.15) is 0 Å². The smallest absolute Gasteiger partial charge is 0.307 e. The fourth-order valence-electron chi connectivity index (χ4n) is 2.05. The maximum Gasteiger partial charge on any atom is 0.307 e. The molecule has 0 radical (unpaired) electrons. The molecule has 9 heteroatoms. The Morgan fingerprint density at radius 3 is 2.91 bits per heavy atom. The van der Waals surface area contributed by atoms with Crippen molar-refractivity contribution in [3.05, 3.63) is 46.4 Å². The van der Waals surface area contributed by atoms with Gasteiger partial charge in [0.1, 0.15) is 12.4 Å². The maximum atomic E-state index is 13.9. The summed E-state index contributed by atoms with van der Waals surface area (Å²) in [6, 6.07) is 4.40. The molecule has 1 aliphatic rings. The molecule has 0 bridgehead atoms.